The van der Waals surface area contributed by atoms with Gasteiger partial charge in [-0.1, -0.05) is 23.7 Å². The lowest BCUT2D eigenvalue weighted by atomic mass is 10.3. The standard InChI is InChI=1S/C20H22ClN3O5S/c21-16-3-1-2-4-17(16)22-14-20(25)23-7-9-24(10-8-23)30(26,27)15-5-6-18-19(13-15)29-12-11-28-18/h1-6,13,22H,7-12,14H2. The van der Waals surface area contributed by atoms with Crippen LogP contribution in [0.1, 0.15) is 0 Å². The molecule has 1 fully saturated rings. The molecule has 4 rings (SSSR count). The molecule has 0 aromatic heterocycles. The first-order valence-electron chi connectivity index (χ1n) is 9.61. The number of anilines is 1. The molecule has 2 aromatic rings. The fourth-order valence-electron chi connectivity index (χ4n) is 3.40. The van der Waals surface area contributed by atoms with Crippen molar-refractivity contribution < 1.29 is 22.7 Å². The molecule has 2 aromatic carbocycles. The lowest BCUT2D eigenvalue weighted by Crippen LogP contribution is -2.51. The maximum absolute atomic E-state index is 13.0. The third kappa shape index (κ3) is 4.33. The Hall–Kier alpha value is -2.49. The van der Waals surface area contributed by atoms with E-state index in [0.717, 1.165) is 0 Å². The van der Waals surface area contributed by atoms with Crippen molar-refractivity contribution in [3.8, 4) is 11.5 Å². The van der Waals surface area contributed by atoms with Crippen molar-refractivity contribution in [3.63, 3.8) is 0 Å². The number of carbonyl (C=O) groups is 1. The van der Waals surface area contributed by atoms with Crippen molar-refractivity contribution in [1.82, 2.24) is 9.21 Å². The van der Waals surface area contributed by atoms with Crippen LogP contribution in [0.4, 0.5) is 5.69 Å². The summed E-state index contributed by atoms with van der Waals surface area (Å²) in [6.07, 6.45) is 0. The highest BCUT2D eigenvalue weighted by atomic mass is 35.5. The van der Waals surface area contributed by atoms with E-state index in [1.165, 1.54) is 16.4 Å². The van der Waals surface area contributed by atoms with Gasteiger partial charge in [0.25, 0.3) is 0 Å². The first-order chi connectivity index (χ1) is 14.4. The van der Waals surface area contributed by atoms with E-state index in [4.69, 9.17) is 21.1 Å². The zero-order chi connectivity index (χ0) is 21.1. The minimum atomic E-state index is -3.68. The molecule has 0 radical (unpaired) electrons. The van der Waals surface area contributed by atoms with E-state index in [1.807, 2.05) is 12.1 Å². The molecule has 160 valence electrons. The van der Waals surface area contributed by atoms with Gasteiger partial charge in [-0.25, -0.2) is 8.42 Å². The molecule has 0 unspecified atom stereocenters. The fourth-order valence-corrected chi connectivity index (χ4v) is 5.04. The van der Waals surface area contributed by atoms with Crippen LogP contribution in [0.25, 0.3) is 0 Å². The second-order valence-electron chi connectivity index (χ2n) is 6.92. The molecular weight excluding hydrogens is 430 g/mol. The second kappa shape index (κ2) is 8.71. The van der Waals surface area contributed by atoms with Crippen molar-refractivity contribution in [3.05, 3.63) is 47.5 Å². The van der Waals surface area contributed by atoms with Gasteiger partial charge in [0.1, 0.15) is 13.2 Å². The Labute approximate surface area is 180 Å². The molecule has 1 N–H and O–H groups in total. The van der Waals surface area contributed by atoms with Gasteiger partial charge in [-0.15, -0.1) is 0 Å². The molecule has 10 heteroatoms. The van der Waals surface area contributed by atoms with Gasteiger partial charge < -0.3 is 19.7 Å². The van der Waals surface area contributed by atoms with Gasteiger partial charge in [0.05, 0.1) is 22.2 Å². The number of amides is 1. The Kier molecular flexibility index (Phi) is 6.03. The molecule has 1 saturated heterocycles. The monoisotopic (exact) mass is 451 g/mol. The van der Waals surface area contributed by atoms with Crippen LogP contribution in [-0.2, 0) is 14.8 Å². The van der Waals surface area contributed by atoms with Crippen molar-refractivity contribution in [1.29, 1.82) is 0 Å². The number of halogens is 1. The highest BCUT2D eigenvalue weighted by molar-refractivity contribution is 7.89. The predicted octanol–water partition coefficient (Wildman–Crippen LogP) is 2.06. The van der Waals surface area contributed by atoms with Gasteiger partial charge in [0.2, 0.25) is 15.9 Å². The first kappa shape index (κ1) is 20.8. The quantitative estimate of drug-likeness (QED) is 0.748. The molecule has 30 heavy (non-hydrogen) atoms. The van der Waals surface area contributed by atoms with Crippen LogP contribution >= 0.6 is 11.6 Å². The number of rotatable bonds is 5. The van der Waals surface area contributed by atoms with Gasteiger partial charge in [-0.3, -0.25) is 4.79 Å². The Bertz CT molecular complexity index is 1040. The molecular formula is C20H22ClN3O5S. The van der Waals surface area contributed by atoms with Gasteiger partial charge in [0.15, 0.2) is 11.5 Å². The summed E-state index contributed by atoms with van der Waals surface area (Å²) in [5.74, 6) is 0.870. The predicted molar refractivity (Wildman–Crippen MR) is 113 cm³/mol. The van der Waals surface area contributed by atoms with E-state index in [1.54, 1.807) is 23.1 Å². The number of nitrogens with one attached hydrogen (secondary N) is 1. The molecule has 0 atom stereocenters. The Morgan fingerprint density at radius 1 is 1.00 bits per heavy atom. The van der Waals surface area contributed by atoms with Crippen molar-refractivity contribution in [2.45, 2.75) is 4.90 Å². The number of sulfonamides is 1. The molecule has 2 aliphatic heterocycles. The molecule has 2 heterocycles. The molecule has 1 amide bonds. The summed E-state index contributed by atoms with van der Waals surface area (Å²) in [7, 11) is -3.68. The third-order valence-corrected chi connectivity index (χ3v) is 7.27. The van der Waals surface area contributed by atoms with Gasteiger partial charge >= 0.3 is 0 Å². The van der Waals surface area contributed by atoms with Gasteiger partial charge in [-0.05, 0) is 24.3 Å². The van der Waals surface area contributed by atoms with Crippen LogP contribution in [0.3, 0.4) is 0 Å². The number of para-hydroxylation sites is 1. The van der Waals surface area contributed by atoms with Crippen LogP contribution in [0.2, 0.25) is 5.02 Å². The number of carbonyl (C=O) groups excluding carboxylic acids is 1. The average molecular weight is 452 g/mol. The Morgan fingerprint density at radius 2 is 1.70 bits per heavy atom. The topological polar surface area (TPSA) is 88.2 Å². The van der Waals surface area contributed by atoms with Crippen LogP contribution in [-0.4, -0.2) is 69.5 Å². The van der Waals surface area contributed by atoms with Crippen LogP contribution in [0, 0.1) is 0 Å². The largest absolute Gasteiger partial charge is 0.486 e. The number of fused-ring (bicyclic) bond motifs is 1. The normalized spacial score (nSPS) is 16.9. The van der Waals surface area contributed by atoms with E-state index in [0.29, 0.717) is 48.5 Å². The molecule has 2 aliphatic rings. The maximum atomic E-state index is 13.0. The van der Waals surface area contributed by atoms with E-state index >= 15 is 0 Å². The number of nitrogens with zero attached hydrogens (tertiary/aromatic N) is 2. The lowest BCUT2D eigenvalue weighted by molar-refractivity contribution is -0.130. The number of ether oxygens (including phenoxy) is 2. The average Bonchev–Trinajstić information content (AvgIpc) is 2.78. The van der Waals surface area contributed by atoms with E-state index < -0.39 is 10.0 Å². The van der Waals surface area contributed by atoms with Gasteiger partial charge in [0, 0.05) is 32.2 Å². The highest BCUT2D eigenvalue weighted by Crippen LogP contribution is 2.33. The summed E-state index contributed by atoms with van der Waals surface area (Å²) < 4.78 is 38.3. The van der Waals surface area contributed by atoms with E-state index in [-0.39, 0.29) is 30.4 Å². The maximum Gasteiger partial charge on any atom is 0.243 e. The lowest BCUT2D eigenvalue weighted by Gasteiger charge is -2.34. The summed E-state index contributed by atoms with van der Waals surface area (Å²) in [6.45, 7) is 2.04. The SMILES string of the molecule is O=C(CNc1ccccc1Cl)N1CCN(S(=O)(=O)c2ccc3c(c2)OCCO3)CC1. The van der Waals surface area contributed by atoms with Crippen molar-refractivity contribution >= 4 is 33.2 Å². The van der Waals surface area contributed by atoms with Gasteiger partial charge in [-0.2, -0.15) is 4.31 Å². The molecule has 8 nitrogen and oxygen atoms in total. The Morgan fingerprint density at radius 3 is 2.43 bits per heavy atom. The zero-order valence-corrected chi connectivity index (χ0v) is 17.8. The smallest absolute Gasteiger partial charge is 0.243 e. The van der Waals surface area contributed by atoms with E-state index in [2.05, 4.69) is 5.32 Å². The van der Waals surface area contributed by atoms with Crippen LogP contribution in [0.5, 0.6) is 11.5 Å². The molecule has 0 saturated carbocycles. The summed E-state index contributed by atoms with van der Waals surface area (Å²) in [5, 5.41) is 3.57. The minimum Gasteiger partial charge on any atom is -0.486 e. The second-order valence-corrected chi connectivity index (χ2v) is 9.27. The fraction of sp³-hybridized carbons (Fsp3) is 0.350. The van der Waals surface area contributed by atoms with E-state index in [9.17, 15) is 13.2 Å². The van der Waals surface area contributed by atoms with Crippen molar-refractivity contribution in [2.24, 2.45) is 0 Å². The van der Waals surface area contributed by atoms with Crippen LogP contribution < -0.4 is 14.8 Å². The molecule has 0 spiro atoms. The summed E-state index contributed by atoms with van der Waals surface area (Å²) >= 11 is 6.09. The van der Waals surface area contributed by atoms with Crippen LogP contribution in [0.15, 0.2) is 47.4 Å². The first-order valence-corrected chi connectivity index (χ1v) is 11.4. The molecule has 0 aliphatic carbocycles. The van der Waals surface area contributed by atoms with Crippen molar-refractivity contribution in [2.75, 3.05) is 51.3 Å². The molecule has 0 bridgehead atoms. The number of hydrogen-bond donors (Lipinski definition) is 1. The number of benzene rings is 2. The summed E-state index contributed by atoms with van der Waals surface area (Å²) in [5.41, 5.74) is 0.687. The number of hydrogen-bond acceptors (Lipinski definition) is 6. The summed E-state index contributed by atoms with van der Waals surface area (Å²) in [6, 6.07) is 11.8. The zero-order valence-electron chi connectivity index (χ0n) is 16.2. The summed E-state index contributed by atoms with van der Waals surface area (Å²) in [4.78, 5) is 14.3. The Balaban J connectivity index is 1.35. The minimum absolute atomic E-state index is 0.0959. The highest BCUT2D eigenvalue weighted by Gasteiger charge is 2.31. The number of piperazine rings is 1. The third-order valence-electron chi connectivity index (χ3n) is 5.05.